The molecule has 2 heterocycles. The summed E-state index contributed by atoms with van der Waals surface area (Å²) in [5, 5.41) is 6.28. The van der Waals surface area contributed by atoms with Crippen LogP contribution in [0.5, 0.6) is 0 Å². The normalized spacial score (nSPS) is 20.5. The van der Waals surface area contributed by atoms with E-state index in [9.17, 15) is 9.59 Å². The fourth-order valence-corrected chi connectivity index (χ4v) is 3.45. The van der Waals surface area contributed by atoms with E-state index in [4.69, 9.17) is 0 Å². The maximum absolute atomic E-state index is 13.1. The molecule has 22 heavy (non-hydrogen) atoms. The Balaban J connectivity index is 2.05. The van der Waals surface area contributed by atoms with Gasteiger partial charge in [-0.05, 0) is 44.5 Å². The van der Waals surface area contributed by atoms with Gasteiger partial charge in [0.25, 0.3) is 5.91 Å². The van der Waals surface area contributed by atoms with Crippen molar-refractivity contribution in [1.82, 2.24) is 10.2 Å². The molecule has 1 saturated heterocycles. The molecule has 2 aliphatic rings. The highest BCUT2D eigenvalue weighted by molar-refractivity contribution is 6.11. The number of piperidine rings is 1. The Morgan fingerprint density at radius 2 is 1.91 bits per heavy atom. The van der Waals surface area contributed by atoms with Crippen LogP contribution in [-0.2, 0) is 4.79 Å². The van der Waals surface area contributed by atoms with Gasteiger partial charge in [-0.25, -0.2) is 0 Å². The molecule has 1 aromatic rings. The first kappa shape index (κ1) is 15.0. The fourth-order valence-electron chi connectivity index (χ4n) is 3.45. The van der Waals surface area contributed by atoms with Gasteiger partial charge in [0.1, 0.15) is 5.54 Å². The van der Waals surface area contributed by atoms with Crippen LogP contribution in [0.15, 0.2) is 24.3 Å². The lowest BCUT2D eigenvalue weighted by atomic mass is 9.85. The summed E-state index contributed by atoms with van der Waals surface area (Å²) in [7, 11) is 0. The van der Waals surface area contributed by atoms with Crippen LogP contribution in [0.4, 0.5) is 5.69 Å². The molecule has 0 aromatic heterocycles. The molecule has 1 aromatic carbocycles. The SMILES string of the molecule is CCCCN1C(=O)c2ccccc2NC(=O)C12CCNCC2. The molecule has 5 heteroatoms. The van der Waals surface area contributed by atoms with Gasteiger partial charge in [-0.3, -0.25) is 9.59 Å². The van der Waals surface area contributed by atoms with E-state index in [1.807, 2.05) is 23.1 Å². The van der Waals surface area contributed by atoms with E-state index in [2.05, 4.69) is 17.6 Å². The highest BCUT2D eigenvalue weighted by Gasteiger charge is 2.49. The first-order chi connectivity index (χ1) is 10.7. The van der Waals surface area contributed by atoms with Crippen molar-refractivity contribution in [3.63, 3.8) is 0 Å². The monoisotopic (exact) mass is 301 g/mol. The number of rotatable bonds is 3. The van der Waals surface area contributed by atoms with Gasteiger partial charge in [0, 0.05) is 6.54 Å². The number of carbonyl (C=O) groups excluding carboxylic acids is 2. The van der Waals surface area contributed by atoms with Gasteiger partial charge in [0.2, 0.25) is 5.91 Å². The highest BCUT2D eigenvalue weighted by Crippen LogP contribution is 2.34. The van der Waals surface area contributed by atoms with Crippen LogP contribution in [0.1, 0.15) is 43.0 Å². The summed E-state index contributed by atoms with van der Waals surface area (Å²) in [6.45, 7) is 4.27. The molecule has 0 aliphatic carbocycles. The minimum atomic E-state index is -0.712. The molecule has 118 valence electrons. The summed E-state index contributed by atoms with van der Waals surface area (Å²) in [5.41, 5.74) is 0.521. The largest absolute Gasteiger partial charge is 0.324 e. The molecule has 2 amide bonds. The summed E-state index contributed by atoms with van der Waals surface area (Å²) in [4.78, 5) is 27.8. The number of hydrogen-bond donors (Lipinski definition) is 2. The van der Waals surface area contributed by atoms with Gasteiger partial charge in [-0.1, -0.05) is 25.5 Å². The van der Waals surface area contributed by atoms with Gasteiger partial charge >= 0.3 is 0 Å². The zero-order valence-electron chi connectivity index (χ0n) is 13.0. The van der Waals surface area contributed by atoms with E-state index < -0.39 is 5.54 Å². The Labute approximate surface area is 131 Å². The molecule has 1 spiro atoms. The van der Waals surface area contributed by atoms with Gasteiger partial charge in [-0.15, -0.1) is 0 Å². The number of unbranched alkanes of at least 4 members (excludes halogenated alkanes) is 1. The molecule has 0 atom stereocenters. The topological polar surface area (TPSA) is 61.4 Å². The summed E-state index contributed by atoms with van der Waals surface area (Å²) >= 11 is 0. The van der Waals surface area contributed by atoms with Crippen LogP contribution >= 0.6 is 0 Å². The van der Waals surface area contributed by atoms with Crippen molar-refractivity contribution in [2.75, 3.05) is 25.0 Å². The molecule has 3 rings (SSSR count). The van der Waals surface area contributed by atoms with Crippen molar-refractivity contribution in [3.05, 3.63) is 29.8 Å². The Morgan fingerprint density at radius 1 is 1.18 bits per heavy atom. The molecule has 2 aliphatic heterocycles. The third-order valence-corrected chi connectivity index (χ3v) is 4.76. The molecule has 0 bridgehead atoms. The van der Waals surface area contributed by atoms with Crippen LogP contribution in [0.2, 0.25) is 0 Å². The number of para-hydroxylation sites is 1. The smallest absolute Gasteiger partial charge is 0.256 e. The molecule has 2 N–H and O–H groups in total. The Kier molecular flexibility index (Phi) is 4.16. The summed E-state index contributed by atoms with van der Waals surface area (Å²) < 4.78 is 0. The predicted molar refractivity (Wildman–Crippen MR) is 85.9 cm³/mol. The van der Waals surface area contributed by atoms with Crippen molar-refractivity contribution in [2.24, 2.45) is 0 Å². The van der Waals surface area contributed by atoms with Crippen molar-refractivity contribution >= 4 is 17.5 Å². The summed E-state index contributed by atoms with van der Waals surface area (Å²) in [6.07, 6.45) is 3.25. The summed E-state index contributed by atoms with van der Waals surface area (Å²) in [6, 6.07) is 7.31. The third-order valence-electron chi connectivity index (χ3n) is 4.76. The number of amides is 2. The number of fused-ring (bicyclic) bond motifs is 1. The highest BCUT2D eigenvalue weighted by atomic mass is 16.2. The zero-order chi connectivity index (χ0) is 15.6. The van der Waals surface area contributed by atoms with Crippen LogP contribution < -0.4 is 10.6 Å². The van der Waals surface area contributed by atoms with Gasteiger partial charge in [0.15, 0.2) is 0 Å². The van der Waals surface area contributed by atoms with Crippen molar-refractivity contribution in [2.45, 2.75) is 38.1 Å². The second-order valence-electron chi connectivity index (χ2n) is 6.09. The Morgan fingerprint density at radius 3 is 2.64 bits per heavy atom. The maximum atomic E-state index is 13.1. The Bertz CT molecular complexity index is 579. The average Bonchev–Trinajstić information content (AvgIpc) is 2.63. The lowest BCUT2D eigenvalue weighted by Gasteiger charge is -2.43. The summed E-state index contributed by atoms with van der Waals surface area (Å²) in [5.74, 6) is -0.0623. The second-order valence-corrected chi connectivity index (χ2v) is 6.09. The number of benzene rings is 1. The number of nitrogens with one attached hydrogen (secondary N) is 2. The van der Waals surface area contributed by atoms with Crippen LogP contribution in [0.25, 0.3) is 0 Å². The predicted octanol–water partition coefficient (Wildman–Crippen LogP) is 2.00. The maximum Gasteiger partial charge on any atom is 0.256 e. The quantitative estimate of drug-likeness (QED) is 0.897. The van der Waals surface area contributed by atoms with Crippen LogP contribution in [0.3, 0.4) is 0 Å². The minimum Gasteiger partial charge on any atom is -0.324 e. The van der Waals surface area contributed by atoms with E-state index in [1.165, 1.54) is 0 Å². The number of carbonyl (C=O) groups is 2. The second kappa shape index (κ2) is 6.08. The average molecular weight is 301 g/mol. The van der Waals surface area contributed by atoms with E-state index in [-0.39, 0.29) is 11.8 Å². The van der Waals surface area contributed by atoms with E-state index in [0.29, 0.717) is 30.6 Å². The molecule has 0 unspecified atom stereocenters. The van der Waals surface area contributed by atoms with Crippen molar-refractivity contribution in [1.29, 1.82) is 0 Å². The molecule has 0 saturated carbocycles. The van der Waals surface area contributed by atoms with E-state index >= 15 is 0 Å². The molecule has 0 radical (unpaired) electrons. The number of nitrogens with zero attached hydrogens (tertiary/aromatic N) is 1. The molecular weight excluding hydrogens is 278 g/mol. The van der Waals surface area contributed by atoms with Gasteiger partial charge < -0.3 is 15.5 Å². The lowest BCUT2D eigenvalue weighted by molar-refractivity contribution is -0.128. The molecule has 5 nitrogen and oxygen atoms in total. The third kappa shape index (κ3) is 2.39. The Hall–Kier alpha value is -1.88. The van der Waals surface area contributed by atoms with Crippen molar-refractivity contribution < 1.29 is 9.59 Å². The van der Waals surface area contributed by atoms with Crippen LogP contribution in [0, 0.1) is 0 Å². The number of hydrogen-bond acceptors (Lipinski definition) is 3. The van der Waals surface area contributed by atoms with E-state index in [0.717, 1.165) is 25.9 Å². The van der Waals surface area contributed by atoms with E-state index in [1.54, 1.807) is 6.07 Å². The standard InChI is InChI=1S/C17H23N3O2/c1-2-3-12-20-15(21)13-6-4-5-7-14(13)19-16(22)17(20)8-10-18-11-9-17/h4-7,18H,2-3,8-12H2,1H3,(H,19,22). The molecule has 1 fully saturated rings. The zero-order valence-corrected chi connectivity index (χ0v) is 13.0. The first-order valence-corrected chi connectivity index (χ1v) is 8.12. The minimum absolute atomic E-state index is 0.0238. The van der Waals surface area contributed by atoms with Crippen LogP contribution in [-0.4, -0.2) is 41.9 Å². The lowest BCUT2D eigenvalue weighted by Crippen LogP contribution is -2.62. The molecular formula is C17H23N3O2. The fraction of sp³-hybridized carbons (Fsp3) is 0.529. The van der Waals surface area contributed by atoms with Gasteiger partial charge in [0.05, 0.1) is 11.3 Å². The van der Waals surface area contributed by atoms with Crippen molar-refractivity contribution in [3.8, 4) is 0 Å². The number of anilines is 1. The first-order valence-electron chi connectivity index (χ1n) is 8.12. The van der Waals surface area contributed by atoms with Gasteiger partial charge in [-0.2, -0.15) is 0 Å².